The van der Waals surface area contributed by atoms with Crippen LogP contribution < -0.4 is 4.74 Å². The van der Waals surface area contributed by atoms with Gasteiger partial charge in [-0.3, -0.25) is 0 Å². The second kappa shape index (κ2) is 5.36. The molecular formula is C11H15Cl2N3O. The van der Waals surface area contributed by atoms with Gasteiger partial charge in [0.05, 0.1) is 0 Å². The lowest BCUT2D eigenvalue weighted by Gasteiger charge is -2.31. The molecule has 0 radical (unpaired) electrons. The molecule has 6 heteroatoms. The lowest BCUT2D eigenvalue weighted by molar-refractivity contribution is 0.0961. The van der Waals surface area contributed by atoms with Gasteiger partial charge in [0, 0.05) is 0 Å². The Labute approximate surface area is 111 Å². The summed E-state index contributed by atoms with van der Waals surface area (Å²) in [5.41, 5.74) is 0. The van der Waals surface area contributed by atoms with E-state index in [0.29, 0.717) is 11.8 Å². The molecule has 0 amide bonds. The van der Waals surface area contributed by atoms with Crippen molar-refractivity contribution in [2.45, 2.75) is 39.2 Å². The average Bonchev–Trinajstić information content (AvgIpc) is 2.22. The lowest BCUT2D eigenvalue weighted by atomic mass is 9.82. The Morgan fingerprint density at radius 3 is 2.35 bits per heavy atom. The van der Waals surface area contributed by atoms with Crippen LogP contribution in [0.25, 0.3) is 0 Å². The van der Waals surface area contributed by atoms with E-state index in [1.807, 2.05) is 0 Å². The first-order valence-corrected chi connectivity index (χ1v) is 6.52. The Bertz CT molecular complexity index is 392. The van der Waals surface area contributed by atoms with Crippen molar-refractivity contribution >= 4 is 23.2 Å². The zero-order valence-corrected chi connectivity index (χ0v) is 11.4. The topological polar surface area (TPSA) is 47.9 Å². The van der Waals surface area contributed by atoms with Gasteiger partial charge in [0.25, 0.3) is 5.88 Å². The molecule has 0 bridgehead atoms. The molecule has 0 saturated heterocycles. The minimum Gasteiger partial charge on any atom is -0.472 e. The molecule has 1 fully saturated rings. The molecular weight excluding hydrogens is 261 g/mol. The standard InChI is InChI=1S/C11H15Cl2N3O/c1-6-3-7(2)5-8(4-6)17-10-9(12)15-16-11(13)14-10/h6-8H,3-5H2,1-2H3. The van der Waals surface area contributed by atoms with E-state index in [1.54, 1.807) is 0 Å². The molecule has 2 atom stereocenters. The fourth-order valence-corrected chi connectivity index (χ4v) is 2.72. The molecule has 17 heavy (non-hydrogen) atoms. The molecule has 94 valence electrons. The third kappa shape index (κ3) is 3.42. The maximum absolute atomic E-state index is 5.87. The summed E-state index contributed by atoms with van der Waals surface area (Å²) >= 11 is 11.5. The number of ether oxygens (including phenoxy) is 1. The smallest absolute Gasteiger partial charge is 0.257 e. The summed E-state index contributed by atoms with van der Waals surface area (Å²) in [6.07, 6.45) is 3.42. The maximum atomic E-state index is 5.87. The van der Waals surface area contributed by atoms with Gasteiger partial charge in [-0.25, -0.2) is 0 Å². The average molecular weight is 276 g/mol. The molecule has 1 aliphatic carbocycles. The summed E-state index contributed by atoms with van der Waals surface area (Å²) < 4.78 is 5.78. The highest BCUT2D eigenvalue weighted by Gasteiger charge is 2.26. The van der Waals surface area contributed by atoms with Gasteiger partial charge in [-0.2, -0.15) is 4.98 Å². The van der Waals surface area contributed by atoms with Crippen molar-refractivity contribution in [3.8, 4) is 5.88 Å². The van der Waals surface area contributed by atoms with Crippen LogP contribution in [0.3, 0.4) is 0 Å². The van der Waals surface area contributed by atoms with Crippen LogP contribution >= 0.6 is 23.2 Å². The molecule has 1 heterocycles. The molecule has 1 saturated carbocycles. The number of hydrogen-bond acceptors (Lipinski definition) is 4. The van der Waals surface area contributed by atoms with E-state index >= 15 is 0 Å². The highest BCUT2D eigenvalue weighted by Crippen LogP contribution is 2.32. The van der Waals surface area contributed by atoms with Crippen molar-refractivity contribution in [1.82, 2.24) is 15.2 Å². The Morgan fingerprint density at radius 2 is 1.71 bits per heavy atom. The zero-order valence-electron chi connectivity index (χ0n) is 9.86. The lowest BCUT2D eigenvalue weighted by Crippen LogP contribution is -2.29. The van der Waals surface area contributed by atoms with Crippen LogP contribution in [0.15, 0.2) is 0 Å². The minimum absolute atomic E-state index is 0.0568. The molecule has 2 rings (SSSR count). The summed E-state index contributed by atoms with van der Waals surface area (Å²) in [4.78, 5) is 3.95. The Balaban J connectivity index is 2.07. The van der Waals surface area contributed by atoms with Crippen molar-refractivity contribution in [2.75, 3.05) is 0 Å². The summed E-state index contributed by atoms with van der Waals surface area (Å²) in [5.74, 6) is 1.61. The van der Waals surface area contributed by atoms with E-state index in [0.717, 1.165) is 12.8 Å². The Hall–Kier alpha value is -0.610. The number of halogens is 2. The monoisotopic (exact) mass is 275 g/mol. The minimum atomic E-state index is 0.0568. The Morgan fingerprint density at radius 1 is 1.06 bits per heavy atom. The summed E-state index contributed by atoms with van der Waals surface area (Å²) in [6, 6.07) is 0. The number of aromatic nitrogens is 3. The van der Waals surface area contributed by atoms with E-state index in [-0.39, 0.29) is 22.4 Å². The van der Waals surface area contributed by atoms with E-state index in [1.165, 1.54) is 6.42 Å². The normalized spacial score (nSPS) is 29.1. The van der Waals surface area contributed by atoms with E-state index in [9.17, 15) is 0 Å². The van der Waals surface area contributed by atoms with Crippen LogP contribution in [0, 0.1) is 11.8 Å². The molecule has 1 aliphatic rings. The summed E-state index contributed by atoms with van der Waals surface area (Å²) in [7, 11) is 0. The largest absolute Gasteiger partial charge is 0.472 e. The predicted octanol–water partition coefficient (Wildman–Crippen LogP) is 3.38. The van der Waals surface area contributed by atoms with Crippen LogP contribution in [0.2, 0.25) is 10.4 Å². The molecule has 0 spiro atoms. The van der Waals surface area contributed by atoms with Crippen LogP contribution in [-0.4, -0.2) is 21.3 Å². The fourth-order valence-electron chi connectivity index (χ4n) is 2.48. The summed E-state index contributed by atoms with van der Waals surface area (Å²) in [5, 5.41) is 7.46. The van der Waals surface area contributed by atoms with Crippen LogP contribution in [0.1, 0.15) is 33.1 Å². The van der Waals surface area contributed by atoms with Crippen LogP contribution in [0.5, 0.6) is 5.88 Å². The van der Waals surface area contributed by atoms with Gasteiger partial charge in [0.15, 0.2) is 0 Å². The molecule has 2 unspecified atom stereocenters. The fraction of sp³-hybridized carbons (Fsp3) is 0.727. The van der Waals surface area contributed by atoms with Crippen molar-refractivity contribution < 1.29 is 4.74 Å². The molecule has 1 aromatic rings. The number of hydrogen-bond donors (Lipinski definition) is 0. The third-order valence-electron chi connectivity index (χ3n) is 3.00. The molecule has 1 aromatic heterocycles. The van der Waals surface area contributed by atoms with Gasteiger partial charge in [0.2, 0.25) is 10.4 Å². The molecule has 0 aromatic carbocycles. The first-order valence-electron chi connectivity index (χ1n) is 5.77. The highest BCUT2D eigenvalue weighted by atomic mass is 35.5. The van der Waals surface area contributed by atoms with Crippen molar-refractivity contribution in [1.29, 1.82) is 0 Å². The Kier molecular flexibility index (Phi) is 4.05. The SMILES string of the molecule is CC1CC(C)CC(Oc2nc(Cl)nnc2Cl)C1. The quantitative estimate of drug-likeness (QED) is 0.830. The zero-order chi connectivity index (χ0) is 12.4. The van der Waals surface area contributed by atoms with Crippen molar-refractivity contribution in [3.05, 3.63) is 10.4 Å². The van der Waals surface area contributed by atoms with Crippen molar-refractivity contribution in [3.63, 3.8) is 0 Å². The second-order valence-electron chi connectivity index (χ2n) is 4.83. The van der Waals surface area contributed by atoms with E-state index in [2.05, 4.69) is 29.0 Å². The van der Waals surface area contributed by atoms with Gasteiger partial charge in [-0.05, 0) is 42.7 Å². The predicted molar refractivity (Wildman–Crippen MR) is 66.4 cm³/mol. The first kappa shape index (κ1) is 12.8. The number of nitrogens with zero attached hydrogens (tertiary/aromatic N) is 3. The molecule has 0 N–H and O–H groups in total. The third-order valence-corrected chi connectivity index (χ3v) is 3.40. The molecule has 0 aliphatic heterocycles. The van der Waals surface area contributed by atoms with Crippen LogP contribution in [0.4, 0.5) is 0 Å². The van der Waals surface area contributed by atoms with Crippen molar-refractivity contribution in [2.24, 2.45) is 11.8 Å². The van der Waals surface area contributed by atoms with E-state index in [4.69, 9.17) is 27.9 Å². The van der Waals surface area contributed by atoms with Gasteiger partial charge in [-0.15, -0.1) is 10.2 Å². The summed E-state index contributed by atoms with van der Waals surface area (Å²) in [6.45, 7) is 4.47. The van der Waals surface area contributed by atoms with Gasteiger partial charge in [-0.1, -0.05) is 25.4 Å². The van der Waals surface area contributed by atoms with Gasteiger partial charge in [0.1, 0.15) is 6.10 Å². The van der Waals surface area contributed by atoms with E-state index < -0.39 is 0 Å². The highest BCUT2D eigenvalue weighted by molar-refractivity contribution is 6.31. The van der Waals surface area contributed by atoms with Crippen LogP contribution in [-0.2, 0) is 0 Å². The van der Waals surface area contributed by atoms with Gasteiger partial charge < -0.3 is 4.74 Å². The maximum Gasteiger partial charge on any atom is 0.257 e. The second-order valence-corrected chi connectivity index (χ2v) is 5.53. The van der Waals surface area contributed by atoms with Gasteiger partial charge >= 0.3 is 0 Å². The first-order chi connectivity index (χ1) is 8.04. The number of rotatable bonds is 2. The molecule has 4 nitrogen and oxygen atoms in total.